The van der Waals surface area contributed by atoms with E-state index in [9.17, 15) is 5.26 Å². The van der Waals surface area contributed by atoms with Crippen molar-refractivity contribution in [2.75, 3.05) is 0 Å². The van der Waals surface area contributed by atoms with E-state index < -0.39 is 16.6 Å². The van der Waals surface area contributed by atoms with Crippen LogP contribution in [0.2, 0.25) is 36.3 Å². The molecule has 0 bridgehead atoms. The van der Waals surface area contributed by atoms with Crippen LogP contribution in [0.5, 0.6) is 0 Å². The first-order chi connectivity index (χ1) is 17.8. The van der Waals surface area contributed by atoms with Gasteiger partial charge in [-0.25, -0.2) is 0 Å². The molecule has 6 atom stereocenters. The van der Waals surface area contributed by atoms with Crippen LogP contribution in [0.3, 0.4) is 0 Å². The average molecular weight is 572 g/mol. The Morgan fingerprint density at radius 2 is 1.49 bits per heavy atom. The lowest BCUT2D eigenvalue weighted by Crippen LogP contribution is -2.48. The number of allylic oxidation sites excluding steroid dienone is 3. The summed E-state index contributed by atoms with van der Waals surface area (Å²) in [5.41, 5.74) is 3.53. The maximum absolute atomic E-state index is 9.35. The van der Waals surface area contributed by atoms with Crippen molar-refractivity contribution in [3.63, 3.8) is 0 Å². The summed E-state index contributed by atoms with van der Waals surface area (Å²) in [6.07, 6.45) is 15.7. The lowest BCUT2D eigenvalue weighted by molar-refractivity contribution is 0.0725. The summed E-state index contributed by atoms with van der Waals surface area (Å²) >= 11 is 0. The normalized spacial score (nSPS) is 32.6. The second-order valence-corrected chi connectivity index (χ2v) is 26.2. The summed E-state index contributed by atoms with van der Waals surface area (Å²) in [6, 6.07) is 2.45. The van der Waals surface area contributed by atoms with Crippen molar-refractivity contribution in [2.45, 2.75) is 162 Å². The number of fused-ring (bicyclic) bond motifs is 1. The number of rotatable bonds is 7. The third-order valence-electron chi connectivity index (χ3n) is 11.7. The summed E-state index contributed by atoms with van der Waals surface area (Å²) in [4.78, 5) is 0. The SMILES string of the molecule is CC(CC#N)[C@H]1CC[C@H]2/C(=C/C=C3C[C@@H](O[Si](C)(C)C(C)(C)C)C[C@H](O[Si](C)(C)C(C)(C)C)C3)CCC[C@]12C. The lowest BCUT2D eigenvalue weighted by atomic mass is 9.61. The highest BCUT2D eigenvalue weighted by atomic mass is 28.4. The van der Waals surface area contributed by atoms with Gasteiger partial charge in [0.2, 0.25) is 0 Å². The molecule has 0 aromatic heterocycles. The van der Waals surface area contributed by atoms with Crippen LogP contribution < -0.4 is 0 Å². The predicted octanol–water partition coefficient (Wildman–Crippen LogP) is 10.6. The van der Waals surface area contributed by atoms with Gasteiger partial charge in [-0.1, -0.05) is 78.7 Å². The van der Waals surface area contributed by atoms with Gasteiger partial charge in [0.05, 0.1) is 18.3 Å². The summed E-state index contributed by atoms with van der Waals surface area (Å²) < 4.78 is 14.1. The Morgan fingerprint density at radius 3 is 1.97 bits per heavy atom. The van der Waals surface area contributed by atoms with Gasteiger partial charge in [-0.15, -0.1) is 0 Å². The first kappa shape index (κ1) is 32.8. The zero-order valence-corrected chi connectivity index (χ0v) is 29.7. The Morgan fingerprint density at radius 1 is 0.949 bits per heavy atom. The van der Waals surface area contributed by atoms with Crippen LogP contribution in [-0.2, 0) is 8.85 Å². The lowest BCUT2D eigenvalue weighted by Gasteiger charge is -2.45. The smallest absolute Gasteiger partial charge is 0.192 e. The third kappa shape index (κ3) is 7.40. The fourth-order valence-electron chi connectivity index (χ4n) is 7.36. The highest BCUT2D eigenvalue weighted by Crippen LogP contribution is 2.59. The molecule has 3 nitrogen and oxygen atoms in total. The van der Waals surface area contributed by atoms with E-state index in [0.29, 0.717) is 29.6 Å². The molecule has 0 N–H and O–H groups in total. The van der Waals surface area contributed by atoms with Crippen LogP contribution >= 0.6 is 0 Å². The standard InChI is InChI=1S/C34H61NO2Si2/c1-25(19-21-35)30-17-18-31-27(14-13-20-34(30,31)8)16-15-26-22-28(36-38(9,10)32(2,3)4)24-29(23-26)37-39(11,12)33(5,6)7/h15-16,25,28-31H,13-14,17-20,22-24H2,1-12H3/b27-16+/t25?,28-,29-,30-,31+,34-/m1/s1. The van der Waals surface area contributed by atoms with Crippen LogP contribution in [0.1, 0.15) is 113 Å². The van der Waals surface area contributed by atoms with Crippen LogP contribution in [0, 0.1) is 34.5 Å². The second-order valence-electron chi connectivity index (χ2n) is 16.6. The topological polar surface area (TPSA) is 42.2 Å². The van der Waals surface area contributed by atoms with E-state index in [1.54, 1.807) is 5.57 Å². The molecule has 0 aromatic carbocycles. The summed E-state index contributed by atoms with van der Waals surface area (Å²) in [6.45, 7) is 28.5. The third-order valence-corrected chi connectivity index (χ3v) is 20.8. The van der Waals surface area contributed by atoms with E-state index >= 15 is 0 Å². The average Bonchev–Trinajstić information content (AvgIpc) is 3.13. The van der Waals surface area contributed by atoms with Crippen LogP contribution in [-0.4, -0.2) is 28.8 Å². The molecular weight excluding hydrogens is 511 g/mol. The van der Waals surface area contributed by atoms with Gasteiger partial charge in [-0.3, -0.25) is 0 Å². The Bertz CT molecular complexity index is 923. The molecule has 39 heavy (non-hydrogen) atoms. The van der Waals surface area contributed by atoms with Gasteiger partial charge in [0.25, 0.3) is 0 Å². The first-order valence-electron chi connectivity index (χ1n) is 15.9. The molecule has 0 radical (unpaired) electrons. The van der Waals surface area contributed by atoms with Crippen molar-refractivity contribution in [3.8, 4) is 6.07 Å². The summed E-state index contributed by atoms with van der Waals surface area (Å²) in [7, 11) is -3.73. The zero-order valence-electron chi connectivity index (χ0n) is 27.7. The quantitative estimate of drug-likeness (QED) is 0.285. The van der Waals surface area contributed by atoms with Crippen LogP contribution in [0.4, 0.5) is 0 Å². The molecule has 0 aromatic rings. The number of nitriles is 1. The van der Waals surface area contributed by atoms with Crippen molar-refractivity contribution >= 4 is 16.6 Å². The molecule has 222 valence electrons. The Hall–Kier alpha value is -0.676. The van der Waals surface area contributed by atoms with Gasteiger partial charge in [0, 0.05) is 6.42 Å². The van der Waals surface area contributed by atoms with Gasteiger partial charge >= 0.3 is 0 Å². The Labute approximate surface area is 244 Å². The molecule has 0 amide bonds. The van der Waals surface area contributed by atoms with E-state index in [1.165, 1.54) is 37.7 Å². The van der Waals surface area contributed by atoms with Gasteiger partial charge < -0.3 is 8.85 Å². The van der Waals surface area contributed by atoms with E-state index in [1.807, 2.05) is 0 Å². The fraction of sp³-hybridized carbons (Fsp3) is 0.853. The zero-order chi connectivity index (χ0) is 29.4. The van der Waals surface area contributed by atoms with Crippen molar-refractivity contribution in [3.05, 3.63) is 23.3 Å². The molecule has 3 aliphatic carbocycles. The molecule has 0 spiro atoms. The van der Waals surface area contributed by atoms with E-state index in [-0.39, 0.29) is 22.3 Å². The minimum absolute atomic E-state index is 0.209. The van der Waals surface area contributed by atoms with Crippen molar-refractivity contribution in [2.24, 2.45) is 23.2 Å². The highest BCUT2D eigenvalue weighted by molar-refractivity contribution is 6.74. The monoisotopic (exact) mass is 571 g/mol. The van der Waals surface area contributed by atoms with Crippen molar-refractivity contribution in [1.82, 2.24) is 0 Å². The minimum Gasteiger partial charge on any atom is -0.414 e. The number of hydrogen-bond acceptors (Lipinski definition) is 3. The Balaban J connectivity index is 1.86. The predicted molar refractivity (Wildman–Crippen MR) is 172 cm³/mol. The van der Waals surface area contributed by atoms with Crippen molar-refractivity contribution < 1.29 is 8.85 Å². The van der Waals surface area contributed by atoms with Crippen LogP contribution in [0.15, 0.2) is 23.3 Å². The summed E-state index contributed by atoms with van der Waals surface area (Å²) in [5, 5.41) is 9.76. The van der Waals surface area contributed by atoms with Gasteiger partial charge in [0.15, 0.2) is 16.6 Å². The molecule has 1 unspecified atom stereocenters. The van der Waals surface area contributed by atoms with E-state index in [4.69, 9.17) is 8.85 Å². The Kier molecular flexibility index (Phi) is 10.0. The fourth-order valence-corrected chi connectivity index (χ4v) is 10.1. The molecule has 3 saturated carbocycles. The molecule has 0 aliphatic heterocycles. The first-order valence-corrected chi connectivity index (χ1v) is 21.7. The maximum Gasteiger partial charge on any atom is 0.192 e. The largest absolute Gasteiger partial charge is 0.414 e. The molecule has 3 rings (SSSR count). The van der Waals surface area contributed by atoms with Gasteiger partial charge in [-0.2, -0.15) is 5.26 Å². The van der Waals surface area contributed by atoms with Crippen LogP contribution in [0.25, 0.3) is 0 Å². The van der Waals surface area contributed by atoms with Crippen molar-refractivity contribution in [1.29, 1.82) is 5.26 Å². The molecule has 0 heterocycles. The second kappa shape index (κ2) is 11.9. The summed E-state index contributed by atoms with van der Waals surface area (Å²) in [5.74, 6) is 1.86. The molecular formula is C34H61NO2Si2. The highest BCUT2D eigenvalue weighted by Gasteiger charge is 2.50. The van der Waals surface area contributed by atoms with E-state index in [0.717, 1.165) is 19.3 Å². The molecule has 5 heteroatoms. The minimum atomic E-state index is -1.86. The molecule has 0 saturated heterocycles. The van der Waals surface area contributed by atoms with E-state index in [2.05, 4.69) is 99.8 Å². The number of hydrogen-bond donors (Lipinski definition) is 0. The number of nitrogens with zero attached hydrogens (tertiary/aromatic N) is 1. The molecule has 3 fully saturated rings. The maximum atomic E-state index is 9.35. The van der Waals surface area contributed by atoms with Gasteiger partial charge in [0.1, 0.15) is 0 Å². The molecule has 3 aliphatic rings. The van der Waals surface area contributed by atoms with Gasteiger partial charge in [-0.05, 0) is 111 Å².